The van der Waals surface area contributed by atoms with E-state index in [0.717, 1.165) is 0 Å². The molecule has 0 bridgehead atoms. The lowest BCUT2D eigenvalue weighted by Crippen LogP contribution is -2.54. The number of halogens is 4. The smallest absolute Gasteiger partial charge is 0.393 e. The van der Waals surface area contributed by atoms with Gasteiger partial charge in [-0.2, -0.15) is 8.78 Å². The van der Waals surface area contributed by atoms with Crippen LogP contribution in [0.25, 0.3) is 0 Å². The quantitative estimate of drug-likeness (QED) is 0.200. The van der Waals surface area contributed by atoms with Crippen molar-refractivity contribution in [3.63, 3.8) is 0 Å². The molecule has 23 heavy (non-hydrogen) atoms. The van der Waals surface area contributed by atoms with Crippen LogP contribution in [0, 0.1) is 0 Å². The van der Waals surface area contributed by atoms with Crippen molar-refractivity contribution in [1.82, 2.24) is 0 Å². The van der Waals surface area contributed by atoms with Gasteiger partial charge in [0.15, 0.2) is 10.1 Å². The standard InChI is InChI=1S/C8H20NO4.C2H2F4O3S/c10-5-1-9(2-6-11,3-7-12)4-8-13;3-1(4)2(5,6)10(7,8)9/h10-13H,1-8H2;1H,(H,7,8,9)/q+1;/p-1. The maximum absolute atomic E-state index is 11.4. The Morgan fingerprint density at radius 2 is 1.13 bits per heavy atom. The molecule has 0 atom stereocenters. The predicted molar refractivity (Wildman–Crippen MR) is 68.7 cm³/mol. The highest BCUT2D eigenvalue weighted by Gasteiger charge is 2.48. The Labute approximate surface area is 130 Å². The van der Waals surface area contributed by atoms with E-state index < -0.39 is 21.8 Å². The first-order chi connectivity index (χ1) is 10.4. The summed E-state index contributed by atoms with van der Waals surface area (Å²) in [5, 5.41) is 29.8. The summed E-state index contributed by atoms with van der Waals surface area (Å²) < 4.78 is 73.1. The maximum Gasteiger partial charge on any atom is 0.393 e. The number of hydrogen-bond acceptors (Lipinski definition) is 7. The van der Waals surface area contributed by atoms with Crippen LogP contribution in [0.4, 0.5) is 17.6 Å². The minimum atomic E-state index is -6.23. The molecular weight excluding hydrogens is 354 g/mol. The van der Waals surface area contributed by atoms with Gasteiger partial charge in [-0.25, -0.2) is 17.2 Å². The summed E-state index contributed by atoms with van der Waals surface area (Å²) >= 11 is 0. The Kier molecular flexibility index (Phi) is 11.9. The molecule has 4 N–H and O–H groups in total. The van der Waals surface area contributed by atoms with E-state index in [2.05, 4.69) is 0 Å². The van der Waals surface area contributed by atoms with E-state index in [-0.39, 0.29) is 26.4 Å². The lowest BCUT2D eigenvalue weighted by Gasteiger charge is -2.36. The van der Waals surface area contributed by atoms with Gasteiger partial charge in [0.05, 0.1) is 26.4 Å². The molecule has 0 unspecified atom stereocenters. The lowest BCUT2D eigenvalue weighted by molar-refractivity contribution is -0.929. The van der Waals surface area contributed by atoms with E-state index in [4.69, 9.17) is 20.4 Å². The van der Waals surface area contributed by atoms with Gasteiger partial charge in [0.1, 0.15) is 26.2 Å². The fraction of sp³-hybridized carbons (Fsp3) is 1.00. The van der Waals surface area contributed by atoms with Gasteiger partial charge in [0.25, 0.3) is 0 Å². The van der Waals surface area contributed by atoms with Crippen LogP contribution in [0.15, 0.2) is 0 Å². The zero-order valence-electron chi connectivity index (χ0n) is 12.1. The van der Waals surface area contributed by atoms with Crippen LogP contribution in [0.2, 0.25) is 0 Å². The molecule has 0 aromatic rings. The highest BCUT2D eigenvalue weighted by atomic mass is 32.2. The average Bonchev–Trinajstić information content (AvgIpc) is 2.39. The number of aliphatic hydroxyl groups is 4. The number of nitrogens with zero attached hydrogens (tertiary/aromatic N) is 1. The first-order valence-corrected chi connectivity index (χ1v) is 7.75. The van der Waals surface area contributed by atoms with Crippen molar-refractivity contribution < 1.29 is 55.4 Å². The van der Waals surface area contributed by atoms with E-state index in [0.29, 0.717) is 30.7 Å². The van der Waals surface area contributed by atoms with Crippen molar-refractivity contribution >= 4 is 10.1 Å². The fourth-order valence-corrected chi connectivity index (χ4v) is 1.85. The van der Waals surface area contributed by atoms with Gasteiger partial charge in [-0.1, -0.05) is 0 Å². The predicted octanol–water partition coefficient (Wildman–Crippen LogP) is -1.84. The van der Waals surface area contributed by atoms with Crippen LogP contribution < -0.4 is 0 Å². The molecule has 0 aliphatic carbocycles. The summed E-state index contributed by atoms with van der Waals surface area (Å²) in [6, 6.07) is 0. The van der Waals surface area contributed by atoms with Crippen LogP contribution in [-0.2, 0) is 10.1 Å². The summed E-state index contributed by atoms with van der Waals surface area (Å²) in [7, 11) is -6.23. The minimum Gasteiger partial charge on any atom is -0.743 e. The molecule has 0 aliphatic rings. The average molecular weight is 375 g/mol. The molecule has 0 radical (unpaired) electrons. The third-order valence-corrected chi connectivity index (χ3v) is 3.73. The Balaban J connectivity index is 0. The summed E-state index contributed by atoms with van der Waals surface area (Å²) in [5.74, 6) is 0. The Bertz CT molecular complexity index is 379. The van der Waals surface area contributed by atoms with Crippen LogP contribution in [0.1, 0.15) is 0 Å². The van der Waals surface area contributed by atoms with Gasteiger partial charge in [-0.3, -0.25) is 0 Å². The molecule has 0 fully saturated rings. The van der Waals surface area contributed by atoms with E-state index in [1.54, 1.807) is 0 Å². The van der Waals surface area contributed by atoms with Crippen LogP contribution in [-0.4, -0.2) is 102 Å². The van der Waals surface area contributed by atoms with Gasteiger partial charge in [0, 0.05) is 0 Å². The molecule has 0 spiro atoms. The van der Waals surface area contributed by atoms with E-state index in [1.807, 2.05) is 0 Å². The first-order valence-electron chi connectivity index (χ1n) is 6.34. The number of quaternary nitrogens is 1. The molecule has 8 nitrogen and oxygen atoms in total. The van der Waals surface area contributed by atoms with Crippen molar-refractivity contribution in [2.24, 2.45) is 0 Å². The third kappa shape index (κ3) is 8.74. The fourth-order valence-electron chi connectivity index (χ4n) is 1.63. The van der Waals surface area contributed by atoms with Crippen molar-refractivity contribution in [3.8, 4) is 0 Å². The first kappa shape index (κ1) is 24.7. The van der Waals surface area contributed by atoms with E-state index in [1.165, 1.54) is 0 Å². The van der Waals surface area contributed by atoms with Crippen molar-refractivity contribution in [1.29, 1.82) is 0 Å². The van der Waals surface area contributed by atoms with Crippen LogP contribution in [0.3, 0.4) is 0 Å². The molecule has 0 saturated carbocycles. The van der Waals surface area contributed by atoms with Gasteiger partial charge in [-0.05, 0) is 0 Å². The molecule has 142 valence electrons. The number of alkyl halides is 4. The molecule has 0 amide bonds. The minimum absolute atomic E-state index is 0. The zero-order chi connectivity index (χ0) is 18.7. The van der Waals surface area contributed by atoms with Gasteiger partial charge in [0.2, 0.25) is 0 Å². The molecule has 0 rings (SSSR count). The molecule has 13 heteroatoms. The van der Waals surface area contributed by atoms with E-state index >= 15 is 0 Å². The summed E-state index contributed by atoms with van der Waals surface area (Å²) in [5.41, 5.74) is 0. The second-order valence-electron chi connectivity index (χ2n) is 4.45. The zero-order valence-corrected chi connectivity index (χ0v) is 12.9. The van der Waals surface area contributed by atoms with Crippen molar-refractivity contribution in [3.05, 3.63) is 0 Å². The lowest BCUT2D eigenvalue weighted by atomic mass is 10.3. The van der Waals surface area contributed by atoms with Crippen LogP contribution in [0.5, 0.6) is 0 Å². The van der Waals surface area contributed by atoms with Gasteiger partial charge >= 0.3 is 11.7 Å². The highest BCUT2D eigenvalue weighted by Crippen LogP contribution is 2.27. The topological polar surface area (TPSA) is 138 Å². The largest absolute Gasteiger partial charge is 0.743 e. The maximum atomic E-state index is 11.4. The normalized spacial score (nSPS) is 13.0. The van der Waals surface area contributed by atoms with Crippen molar-refractivity contribution in [2.75, 3.05) is 52.6 Å². The molecule has 0 saturated heterocycles. The Morgan fingerprint density at radius 3 is 1.22 bits per heavy atom. The second kappa shape index (κ2) is 11.1. The summed E-state index contributed by atoms with van der Waals surface area (Å²) in [6.07, 6.45) is -4.48. The van der Waals surface area contributed by atoms with Gasteiger partial charge in [-0.15, -0.1) is 0 Å². The summed E-state index contributed by atoms with van der Waals surface area (Å²) in [6.45, 7) is 1.84. The molecule has 0 aromatic carbocycles. The highest BCUT2D eigenvalue weighted by molar-refractivity contribution is 7.86. The second-order valence-corrected chi connectivity index (χ2v) is 5.90. The monoisotopic (exact) mass is 375 g/mol. The SMILES string of the molecule is O=S(=O)([O-])C(F)(F)C(F)F.OCC[N+](CCO)(CCO)CCO. The number of aliphatic hydroxyl groups excluding tert-OH is 4. The number of hydrogen-bond donors (Lipinski definition) is 4. The van der Waals surface area contributed by atoms with Crippen molar-refractivity contribution in [2.45, 2.75) is 11.7 Å². The molecule has 0 aliphatic heterocycles. The number of rotatable bonds is 10. The van der Waals surface area contributed by atoms with Crippen LogP contribution >= 0.6 is 0 Å². The van der Waals surface area contributed by atoms with Gasteiger partial charge < -0.3 is 29.5 Å². The molecular formula is C10H21F4NO7S. The summed E-state index contributed by atoms with van der Waals surface area (Å²) in [4.78, 5) is 0. The molecule has 0 heterocycles. The van der Waals surface area contributed by atoms with E-state index in [9.17, 15) is 30.5 Å². The Hall–Kier alpha value is -0.570. The third-order valence-electron chi connectivity index (χ3n) is 2.88. The Morgan fingerprint density at radius 1 is 0.870 bits per heavy atom. The molecule has 0 aromatic heterocycles.